The minimum Gasteiger partial charge on any atom is -0.569 e. The van der Waals surface area contributed by atoms with E-state index < -0.39 is 38.5 Å². The number of hydrogen-bond acceptors (Lipinski definition) is 12. The molecule has 1 aliphatic rings. The molecular weight excluding hydrogens is 821 g/mol. The van der Waals surface area contributed by atoms with Gasteiger partial charge in [0.1, 0.15) is 6.61 Å². The maximum Gasteiger partial charge on any atom is 0.472 e. The van der Waals surface area contributed by atoms with Crippen LogP contribution in [0, 0.1) is 5.21 Å². The highest BCUT2D eigenvalue weighted by atomic mass is 31.2. The first kappa shape index (κ1) is 57.3. The minimum atomic E-state index is -4.63. The van der Waals surface area contributed by atoms with Crippen LogP contribution in [0.2, 0.25) is 0 Å². The van der Waals surface area contributed by atoms with Crippen LogP contribution in [0.15, 0.2) is 5.28 Å². The maximum absolute atomic E-state index is 12.8. The number of unbranched alkanes of at least 4 members (excludes halogenated alkanes) is 24. The van der Waals surface area contributed by atoms with E-state index in [4.69, 9.17) is 23.4 Å². The third kappa shape index (κ3) is 33.8. The number of hydrogen-bond donors (Lipinski definition) is 2. The number of nitrogens with one attached hydrogen (secondary N) is 1. The molecule has 1 rings (SSSR count). The second-order valence-electron chi connectivity index (χ2n) is 16.4. The smallest absolute Gasteiger partial charge is 0.472 e. The van der Waals surface area contributed by atoms with Crippen molar-refractivity contribution in [2.24, 2.45) is 5.28 Å². The summed E-state index contributed by atoms with van der Waals surface area (Å²) in [6.45, 7) is 3.91. The number of hydrazine groups is 1. The predicted molar refractivity (Wildman–Crippen MR) is 239 cm³/mol. The molecule has 1 fully saturated rings. The van der Waals surface area contributed by atoms with E-state index in [0.717, 1.165) is 38.5 Å². The van der Waals surface area contributed by atoms with Crippen LogP contribution < -0.4 is 5.32 Å². The van der Waals surface area contributed by atoms with Gasteiger partial charge in [0.2, 0.25) is 12.1 Å². The molecule has 1 aliphatic heterocycles. The Morgan fingerprint density at radius 3 is 1.60 bits per heavy atom. The lowest BCUT2D eigenvalue weighted by Gasteiger charge is -2.31. The van der Waals surface area contributed by atoms with Gasteiger partial charge in [0, 0.05) is 39.6 Å². The third-order valence-electron chi connectivity index (χ3n) is 10.8. The molecule has 1 saturated heterocycles. The number of piperazine rings is 1. The summed E-state index contributed by atoms with van der Waals surface area (Å²) >= 11 is 0. The number of carbonyl (C=O) groups excluding carboxylic acids is 3. The molecule has 0 aliphatic carbocycles. The molecule has 364 valence electrons. The number of methoxy groups -OCH3 is 1. The summed E-state index contributed by atoms with van der Waals surface area (Å²) in [6, 6.07) is -0.442. The van der Waals surface area contributed by atoms with Crippen molar-refractivity contribution in [3.8, 4) is 0 Å². The summed E-state index contributed by atoms with van der Waals surface area (Å²) in [5.74, 6) is -0.925. The van der Waals surface area contributed by atoms with Crippen molar-refractivity contribution < 1.29 is 56.9 Å². The molecule has 0 aromatic carbocycles. The van der Waals surface area contributed by atoms with Gasteiger partial charge < -0.3 is 39.4 Å². The van der Waals surface area contributed by atoms with Crippen LogP contribution in [0.4, 0.5) is 4.79 Å². The lowest BCUT2D eigenvalue weighted by atomic mass is 10.0. The largest absolute Gasteiger partial charge is 0.569 e. The first-order valence-corrected chi connectivity index (χ1v) is 25.6. The summed E-state index contributed by atoms with van der Waals surface area (Å²) < 4.78 is 38.6. The van der Waals surface area contributed by atoms with Crippen LogP contribution in [0.5, 0.6) is 0 Å². The zero-order valence-corrected chi connectivity index (χ0v) is 39.8. The van der Waals surface area contributed by atoms with Gasteiger partial charge in [-0.05, 0) is 12.8 Å². The fraction of sp³-hybridized carbons (Fsp3) is 0.932. The molecular formula is C44H86N5O12P. The van der Waals surface area contributed by atoms with E-state index in [0.29, 0.717) is 17.8 Å². The Balaban J connectivity index is 2.44. The number of nitrogens with zero attached hydrogens (tertiary/aromatic N) is 4. The van der Waals surface area contributed by atoms with Crippen molar-refractivity contribution in [2.45, 2.75) is 200 Å². The van der Waals surface area contributed by atoms with E-state index in [9.17, 15) is 29.0 Å². The van der Waals surface area contributed by atoms with E-state index in [1.54, 1.807) is 0 Å². The zero-order chi connectivity index (χ0) is 45.4. The highest BCUT2D eigenvalue weighted by molar-refractivity contribution is 7.47. The maximum atomic E-state index is 12.8. The van der Waals surface area contributed by atoms with E-state index in [-0.39, 0.29) is 65.6 Å². The van der Waals surface area contributed by atoms with Crippen molar-refractivity contribution in [2.75, 3.05) is 66.4 Å². The van der Waals surface area contributed by atoms with Crippen LogP contribution in [0.3, 0.4) is 0 Å². The van der Waals surface area contributed by atoms with Gasteiger partial charge in [-0.3, -0.25) is 18.6 Å². The molecule has 2 N–H and O–H groups in total. The molecule has 2 amide bonds. The predicted octanol–water partition coefficient (Wildman–Crippen LogP) is 10.3. The first-order valence-electron chi connectivity index (χ1n) is 24.2. The topological polar surface area (TPSA) is 201 Å². The minimum absolute atomic E-state index is 0.102. The second-order valence-corrected chi connectivity index (χ2v) is 17.9. The Labute approximate surface area is 373 Å². The number of urea groups is 1. The van der Waals surface area contributed by atoms with Crippen LogP contribution in [0.25, 0.3) is 0 Å². The molecule has 17 nitrogen and oxygen atoms in total. The van der Waals surface area contributed by atoms with E-state index in [1.165, 1.54) is 133 Å². The SMILES string of the molecule is CCCCCCCCCCCCCCCC(=O)OCC(COP(=O)(O)OCCNC(=O)N1CCN(/[N+]([O-])=N/OCOC)CC1)OC(=O)CCCCCCCCCCCCCCC. The van der Waals surface area contributed by atoms with Crippen LogP contribution in [0.1, 0.15) is 194 Å². The van der Waals surface area contributed by atoms with E-state index in [1.807, 2.05) is 0 Å². The Kier molecular flexibility index (Phi) is 36.8. The lowest BCUT2D eigenvalue weighted by molar-refractivity contribution is -0.713. The van der Waals surface area contributed by atoms with Gasteiger partial charge in [-0.1, -0.05) is 168 Å². The quantitative estimate of drug-likeness (QED) is 0.0112. The van der Waals surface area contributed by atoms with Gasteiger partial charge in [-0.15, -0.1) is 5.01 Å². The number of phosphoric acid groups is 1. The van der Waals surface area contributed by atoms with E-state index in [2.05, 4.69) is 29.2 Å². The molecule has 0 radical (unpaired) electrons. The summed E-state index contributed by atoms with van der Waals surface area (Å²) in [5.41, 5.74) is 0. The van der Waals surface area contributed by atoms with Gasteiger partial charge in [-0.2, -0.15) is 0 Å². The monoisotopic (exact) mass is 908 g/mol. The van der Waals surface area contributed by atoms with Crippen molar-refractivity contribution in [1.29, 1.82) is 0 Å². The van der Waals surface area contributed by atoms with Crippen molar-refractivity contribution in [3.63, 3.8) is 0 Å². The van der Waals surface area contributed by atoms with Crippen molar-refractivity contribution in [3.05, 3.63) is 5.21 Å². The normalized spacial score (nSPS) is 14.7. The van der Waals surface area contributed by atoms with Gasteiger partial charge in [-0.25, -0.2) is 9.36 Å². The van der Waals surface area contributed by atoms with Crippen molar-refractivity contribution >= 4 is 25.8 Å². The highest BCUT2D eigenvalue weighted by Crippen LogP contribution is 2.43. The summed E-state index contributed by atoms with van der Waals surface area (Å²) in [6.07, 6.45) is 30.2. The standard InChI is InChI=1S/C44H86N5O12P/c1-4-6-8-10-12-14-16-18-20-22-24-26-28-30-42(50)57-38-41(61-43(51)31-29-27-25-23-21-19-17-15-13-11-9-7-5-2)39-60-62(54,55)59-37-32-45-44(52)47-33-35-48(36-34-47)49(53)46-58-40-56-3/h41H,4-40H2,1-3H3,(H,45,52)(H,54,55)/b49-46-. The molecule has 2 unspecified atom stereocenters. The number of phosphoric ester groups is 1. The molecule has 0 bridgehead atoms. The number of ether oxygens (including phenoxy) is 3. The Morgan fingerprint density at radius 2 is 1.13 bits per heavy atom. The fourth-order valence-corrected chi connectivity index (χ4v) is 7.84. The van der Waals surface area contributed by atoms with Gasteiger partial charge in [0.05, 0.1) is 31.3 Å². The van der Waals surface area contributed by atoms with Crippen LogP contribution in [-0.2, 0) is 42.2 Å². The second kappa shape index (κ2) is 39.8. The molecule has 0 spiro atoms. The van der Waals surface area contributed by atoms with Gasteiger partial charge in [0.25, 0.3) is 0 Å². The Hall–Kier alpha value is -2.72. The molecule has 0 saturated carbocycles. The number of rotatable bonds is 42. The number of esters is 2. The van der Waals surface area contributed by atoms with Gasteiger partial charge >= 0.3 is 25.8 Å². The zero-order valence-electron chi connectivity index (χ0n) is 38.9. The molecule has 1 heterocycles. The van der Waals surface area contributed by atoms with Crippen LogP contribution in [-0.4, -0.2) is 110 Å². The Morgan fingerprint density at radius 1 is 0.677 bits per heavy atom. The molecule has 0 aromatic heterocycles. The third-order valence-corrected chi connectivity index (χ3v) is 11.8. The van der Waals surface area contributed by atoms with Crippen LogP contribution >= 0.6 is 7.82 Å². The lowest BCUT2D eigenvalue weighted by Crippen LogP contribution is -2.53. The van der Waals surface area contributed by atoms with Crippen molar-refractivity contribution in [1.82, 2.24) is 15.2 Å². The molecule has 0 aromatic rings. The Bertz CT molecular complexity index is 1190. The number of carbonyl (C=O) groups is 3. The fourth-order valence-electron chi connectivity index (χ4n) is 7.09. The first-order chi connectivity index (χ1) is 30.1. The highest BCUT2D eigenvalue weighted by Gasteiger charge is 2.28. The summed E-state index contributed by atoms with van der Waals surface area (Å²) in [5, 5.41) is 19.3. The summed E-state index contributed by atoms with van der Waals surface area (Å²) in [7, 11) is -3.23. The van der Waals surface area contributed by atoms with Gasteiger partial charge in [0.15, 0.2) is 6.10 Å². The number of amides is 2. The average molecular weight is 908 g/mol. The molecule has 2 atom stereocenters. The van der Waals surface area contributed by atoms with E-state index >= 15 is 0 Å². The molecule has 18 heteroatoms. The summed E-state index contributed by atoms with van der Waals surface area (Å²) in [4.78, 5) is 54.8. The molecule has 62 heavy (non-hydrogen) atoms. The average Bonchev–Trinajstić information content (AvgIpc) is 3.26.